The van der Waals surface area contributed by atoms with Gasteiger partial charge in [-0.05, 0) is 42.2 Å². The van der Waals surface area contributed by atoms with Gasteiger partial charge in [-0.25, -0.2) is 0 Å². The lowest BCUT2D eigenvalue weighted by Gasteiger charge is -2.18. The predicted molar refractivity (Wildman–Crippen MR) is 142 cm³/mol. The molecule has 2 unspecified atom stereocenters. The van der Waals surface area contributed by atoms with Crippen LogP contribution in [-0.4, -0.2) is 49.7 Å². The van der Waals surface area contributed by atoms with Gasteiger partial charge in [-0.2, -0.15) is 0 Å². The predicted octanol–water partition coefficient (Wildman–Crippen LogP) is -3.26. The molecule has 7 heteroatoms. The number of hydrogen-bond acceptors (Lipinski definition) is 3. The molecule has 3 aromatic carbocycles. The number of aliphatic hydroxyl groups is 1. The average molecular weight is 546 g/mol. The third-order valence-electron chi connectivity index (χ3n) is 6.31. The number of fused-ring (bicyclic) bond motifs is 1. The molecule has 37 heavy (non-hydrogen) atoms. The van der Waals surface area contributed by atoms with Gasteiger partial charge in [0.1, 0.15) is 31.0 Å². The fraction of sp³-hybridized carbons (Fsp3) is 0.300. The molecule has 0 aliphatic carbocycles. The second kappa shape index (κ2) is 17.0. The molecule has 3 aromatic rings. The fourth-order valence-electron chi connectivity index (χ4n) is 4.34. The number of ketones is 1. The molecule has 0 heterocycles. The maximum atomic E-state index is 13.1. The van der Waals surface area contributed by atoms with Gasteiger partial charge in [-0.15, -0.1) is 0 Å². The van der Waals surface area contributed by atoms with E-state index in [2.05, 4.69) is 13.2 Å². The summed E-state index contributed by atoms with van der Waals surface area (Å²) in [6.07, 6.45) is 3.65. The van der Waals surface area contributed by atoms with E-state index < -0.39 is 6.10 Å². The normalized spacial score (nSPS) is 12.2. The first-order valence-corrected chi connectivity index (χ1v) is 12.3. The molecule has 0 aliphatic heterocycles. The van der Waals surface area contributed by atoms with Gasteiger partial charge in [0.25, 0.3) is 0 Å². The lowest BCUT2D eigenvalue weighted by atomic mass is 9.98. The fourth-order valence-corrected chi connectivity index (χ4v) is 4.34. The molecule has 0 aliphatic rings. The van der Waals surface area contributed by atoms with Crippen LogP contribution in [-0.2, 0) is 0 Å². The number of Topliss-reactive ketones (excluding diaryl/α,β-unsaturated/α-hetero) is 1. The van der Waals surface area contributed by atoms with Crippen molar-refractivity contribution in [1.82, 2.24) is 0 Å². The van der Waals surface area contributed by atoms with Crippen molar-refractivity contribution in [2.75, 3.05) is 32.8 Å². The van der Waals surface area contributed by atoms with Crippen molar-refractivity contribution < 1.29 is 49.7 Å². The van der Waals surface area contributed by atoms with Crippen LogP contribution in [0.1, 0.15) is 35.4 Å². The Morgan fingerprint density at radius 1 is 0.973 bits per heavy atom. The first-order chi connectivity index (χ1) is 17.0. The summed E-state index contributed by atoms with van der Waals surface area (Å²) < 4.78 is 6.12. The molecule has 2 atom stereocenters. The number of halogens is 2. The van der Waals surface area contributed by atoms with E-state index in [9.17, 15) is 9.90 Å². The third-order valence-corrected chi connectivity index (χ3v) is 6.31. The highest BCUT2D eigenvalue weighted by atomic mass is 35.5. The molecular formula is C30H38Cl2N2O3. The number of hydrogen-bond donors (Lipinski definition) is 3. The summed E-state index contributed by atoms with van der Waals surface area (Å²) in [6.45, 7) is 13.4. The number of nitrogens with two attached hydrogens (primary N) is 1. The SMILES string of the molecule is C=CC[NH+](CC=C)CCOc1ccc(C(=O)CC[NH2+]C(C)C(O)c2ccccc2)c2ccccc12.[Cl-].[Cl-]. The Morgan fingerprint density at radius 2 is 1.59 bits per heavy atom. The van der Waals surface area contributed by atoms with Gasteiger partial charge in [-0.1, -0.05) is 67.8 Å². The largest absolute Gasteiger partial charge is 1.00 e. The standard InChI is InChI=1S/C30H36N2O3.2ClH/c1-4-19-32(20-5-2)21-22-35-29-16-15-26(25-13-9-10-14-27(25)29)28(33)17-18-31-23(3)30(34)24-11-7-6-8-12-24;;/h4-16,23,30-31,34H,1-2,17-22H2,3H3;2*1H. The number of aliphatic hydroxyl groups excluding tert-OH is 1. The lowest BCUT2D eigenvalue weighted by Crippen LogP contribution is -3.12. The molecule has 0 saturated heterocycles. The molecule has 0 aromatic heterocycles. The zero-order chi connectivity index (χ0) is 25.0. The molecule has 0 radical (unpaired) electrons. The number of ether oxygens (including phenoxy) is 1. The van der Waals surface area contributed by atoms with Crippen molar-refractivity contribution in [2.45, 2.75) is 25.5 Å². The van der Waals surface area contributed by atoms with Crippen molar-refractivity contribution in [1.29, 1.82) is 0 Å². The van der Waals surface area contributed by atoms with E-state index in [0.29, 0.717) is 25.1 Å². The number of benzene rings is 3. The number of carbonyl (C=O) groups excluding carboxylic acids is 1. The van der Waals surface area contributed by atoms with Crippen LogP contribution in [0.5, 0.6) is 5.75 Å². The van der Waals surface area contributed by atoms with E-state index in [1.165, 1.54) is 4.90 Å². The third kappa shape index (κ3) is 9.29. The Hall–Kier alpha value is -2.67. The minimum absolute atomic E-state index is 0. The molecule has 0 spiro atoms. The number of rotatable bonds is 15. The molecule has 0 fully saturated rings. The second-order valence-corrected chi connectivity index (χ2v) is 8.90. The summed E-state index contributed by atoms with van der Waals surface area (Å²) in [5, 5.41) is 14.5. The quantitative estimate of drug-likeness (QED) is 0.139. The van der Waals surface area contributed by atoms with Crippen LogP contribution in [0.2, 0.25) is 0 Å². The van der Waals surface area contributed by atoms with Crippen LogP contribution in [0, 0.1) is 0 Å². The minimum Gasteiger partial charge on any atom is -1.00 e. The first-order valence-electron chi connectivity index (χ1n) is 12.3. The van der Waals surface area contributed by atoms with Crippen LogP contribution in [0.15, 0.2) is 92.0 Å². The van der Waals surface area contributed by atoms with Crippen molar-refractivity contribution in [3.63, 3.8) is 0 Å². The van der Waals surface area contributed by atoms with Gasteiger partial charge < -0.3 is 44.9 Å². The Labute approximate surface area is 233 Å². The van der Waals surface area contributed by atoms with Crippen molar-refractivity contribution in [3.05, 3.63) is 103 Å². The molecule has 0 bridgehead atoms. The summed E-state index contributed by atoms with van der Waals surface area (Å²) in [4.78, 5) is 14.4. The summed E-state index contributed by atoms with van der Waals surface area (Å²) in [5.41, 5.74) is 1.60. The summed E-state index contributed by atoms with van der Waals surface area (Å²) in [7, 11) is 0. The molecule has 4 N–H and O–H groups in total. The van der Waals surface area contributed by atoms with E-state index in [1.807, 2.05) is 91.1 Å². The Bertz CT molecular complexity index is 1110. The molecule has 0 amide bonds. The minimum atomic E-state index is -0.570. The van der Waals surface area contributed by atoms with Crippen LogP contribution >= 0.6 is 0 Å². The monoisotopic (exact) mass is 544 g/mol. The molecule has 200 valence electrons. The van der Waals surface area contributed by atoms with Crippen LogP contribution in [0.3, 0.4) is 0 Å². The maximum Gasteiger partial charge on any atom is 0.169 e. The molecule has 3 rings (SSSR count). The summed E-state index contributed by atoms with van der Waals surface area (Å²) >= 11 is 0. The average Bonchev–Trinajstić information content (AvgIpc) is 2.88. The zero-order valence-corrected chi connectivity index (χ0v) is 22.9. The van der Waals surface area contributed by atoms with E-state index in [0.717, 1.165) is 41.7 Å². The smallest absolute Gasteiger partial charge is 0.169 e. The molecule has 5 nitrogen and oxygen atoms in total. The summed E-state index contributed by atoms with van der Waals surface area (Å²) in [6, 6.07) is 21.3. The van der Waals surface area contributed by atoms with E-state index in [4.69, 9.17) is 4.74 Å². The highest BCUT2D eigenvalue weighted by Crippen LogP contribution is 2.29. The van der Waals surface area contributed by atoms with Crippen LogP contribution in [0.25, 0.3) is 10.8 Å². The van der Waals surface area contributed by atoms with Crippen LogP contribution < -0.4 is 39.8 Å². The topological polar surface area (TPSA) is 67.6 Å². The second-order valence-electron chi connectivity index (χ2n) is 8.90. The van der Waals surface area contributed by atoms with Gasteiger partial charge in [0.15, 0.2) is 5.78 Å². The number of nitrogens with one attached hydrogen (secondary N) is 1. The van der Waals surface area contributed by atoms with Crippen LogP contribution in [0.4, 0.5) is 0 Å². The van der Waals surface area contributed by atoms with Gasteiger partial charge in [-0.3, -0.25) is 4.79 Å². The van der Waals surface area contributed by atoms with E-state index in [-0.39, 0.29) is 36.6 Å². The molecule has 0 saturated carbocycles. The number of quaternary nitrogens is 2. The zero-order valence-electron chi connectivity index (χ0n) is 21.4. The van der Waals surface area contributed by atoms with Gasteiger partial charge in [0, 0.05) is 10.9 Å². The van der Waals surface area contributed by atoms with Crippen molar-refractivity contribution >= 4 is 16.6 Å². The molecular weight excluding hydrogens is 507 g/mol. The van der Waals surface area contributed by atoms with Crippen molar-refractivity contribution in [2.24, 2.45) is 0 Å². The van der Waals surface area contributed by atoms with Gasteiger partial charge >= 0.3 is 0 Å². The van der Waals surface area contributed by atoms with E-state index in [1.54, 1.807) is 0 Å². The first kappa shape index (κ1) is 32.4. The summed E-state index contributed by atoms with van der Waals surface area (Å²) in [5.74, 6) is 0.887. The Balaban J connectivity index is 0.00000342. The van der Waals surface area contributed by atoms with Crippen molar-refractivity contribution in [3.8, 4) is 5.75 Å². The van der Waals surface area contributed by atoms with E-state index >= 15 is 0 Å². The highest BCUT2D eigenvalue weighted by Gasteiger charge is 2.20. The Kier molecular flexibility index (Phi) is 14.8. The van der Waals surface area contributed by atoms with Gasteiger partial charge in [0.05, 0.1) is 26.1 Å². The van der Waals surface area contributed by atoms with Gasteiger partial charge in [0.2, 0.25) is 0 Å². The maximum absolute atomic E-state index is 13.1. The number of carbonyl (C=O) groups is 1. The highest BCUT2D eigenvalue weighted by molar-refractivity contribution is 6.09. The lowest BCUT2D eigenvalue weighted by molar-refractivity contribution is -0.888. The Morgan fingerprint density at radius 3 is 2.24 bits per heavy atom.